The van der Waals surface area contributed by atoms with E-state index in [1.165, 1.54) is 10.9 Å². The summed E-state index contributed by atoms with van der Waals surface area (Å²) in [6, 6.07) is 20.8. The summed E-state index contributed by atoms with van der Waals surface area (Å²) in [5, 5.41) is 12.6. The Bertz CT molecular complexity index is 1200. The molecule has 0 saturated heterocycles. The zero-order valence-corrected chi connectivity index (χ0v) is 18.3. The molecule has 4 aromatic rings. The first-order chi connectivity index (χ1) is 15.2. The molecule has 0 saturated carbocycles. The van der Waals surface area contributed by atoms with Gasteiger partial charge >= 0.3 is 0 Å². The van der Waals surface area contributed by atoms with Gasteiger partial charge in [0.15, 0.2) is 5.96 Å². The van der Waals surface area contributed by atoms with E-state index < -0.39 is 0 Å². The lowest BCUT2D eigenvalue weighted by Gasteiger charge is -2.15. The summed E-state index contributed by atoms with van der Waals surface area (Å²) in [6.45, 7) is 5.52. The van der Waals surface area contributed by atoms with Gasteiger partial charge in [-0.15, -0.1) is 0 Å². The van der Waals surface area contributed by atoms with Gasteiger partial charge in [-0.25, -0.2) is 4.68 Å². The Balaban J connectivity index is 1.39. The summed E-state index contributed by atoms with van der Waals surface area (Å²) < 4.78 is 2.00. The van der Waals surface area contributed by atoms with Crippen molar-refractivity contribution < 1.29 is 0 Å². The first-order valence-electron chi connectivity index (χ1n) is 10.5. The summed E-state index contributed by atoms with van der Waals surface area (Å²) in [5.41, 5.74) is 6.68. The molecule has 6 nitrogen and oxygen atoms in total. The van der Waals surface area contributed by atoms with Gasteiger partial charge in [0.2, 0.25) is 0 Å². The molecule has 0 aliphatic rings. The number of pyridine rings is 1. The van der Waals surface area contributed by atoms with Gasteiger partial charge < -0.3 is 10.6 Å². The Labute approximate surface area is 183 Å². The van der Waals surface area contributed by atoms with Crippen molar-refractivity contribution in [3.63, 3.8) is 0 Å². The molecule has 2 aromatic heterocycles. The number of aliphatic imine (C=N–C) groups is 1. The minimum absolute atomic E-state index is 0.657. The monoisotopic (exact) mass is 412 g/mol. The molecule has 0 aliphatic heterocycles. The molecule has 31 heavy (non-hydrogen) atoms. The highest BCUT2D eigenvalue weighted by atomic mass is 15.3. The fourth-order valence-corrected chi connectivity index (χ4v) is 3.82. The standard InChI is InChI=1S/C25H28N6/c1-18-16-19(2)31(30-18)23-12-5-4-8-22(23)17-29-25(26-3)28-15-13-21-10-6-9-20-11-7-14-27-24(20)21/h4-12,14,16H,13,15,17H2,1-3H3,(H2,26,28,29). The first kappa shape index (κ1) is 20.6. The smallest absolute Gasteiger partial charge is 0.191 e. The van der Waals surface area contributed by atoms with Gasteiger partial charge in [0, 0.05) is 37.4 Å². The van der Waals surface area contributed by atoms with Crippen LogP contribution >= 0.6 is 0 Å². The number of benzene rings is 2. The van der Waals surface area contributed by atoms with Crippen LogP contribution in [0.25, 0.3) is 16.6 Å². The van der Waals surface area contributed by atoms with Crippen LogP contribution in [0, 0.1) is 13.8 Å². The maximum Gasteiger partial charge on any atom is 0.191 e. The van der Waals surface area contributed by atoms with Gasteiger partial charge in [-0.3, -0.25) is 9.98 Å². The van der Waals surface area contributed by atoms with E-state index in [-0.39, 0.29) is 0 Å². The second-order valence-electron chi connectivity index (χ2n) is 7.56. The topological polar surface area (TPSA) is 67.1 Å². The molecular formula is C25H28N6. The van der Waals surface area contributed by atoms with Crippen LogP contribution in [0.2, 0.25) is 0 Å². The predicted molar refractivity (Wildman–Crippen MR) is 127 cm³/mol. The van der Waals surface area contributed by atoms with Gasteiger partial charge in [0.1, 0.15) is 0 Å². The Hall–Kier alpha value is -3.67. The second-order valence-corrected chi connectivity index (χ2v) is 7.56. The number of guanidine groups is 1. The summed E-state index contributed by atoms with van der Waals surface area (Å²) in [5.74, 6) is 0.774. The minimum Gasteiger partial charge on any atom is -0.356 e. The number of fused-ring (bicyclic) bond motifs is 1. The molecule has 158 valence electrons. The van der Waals surface area contributed by atoms with Crippen molar-refractivity contribution in [2.45, 2.75) is 26.8 Å². The molecular weight excluding hydrogens is 384 g/mol. The van der Waals surface area contributed by atoms with E-state index in [2.05, 4.69) is 81.2 Å². The molecule has 0 aliphatic carbocycles. The van der Waals surface area contributed by atoms with Crippen molar-refractivity contribution in [1.82, 2.24) is 25.4 Å². The molecule has 2 aromatic carbocycles. The summed E-state index contributed by atoms with van der Waals surface area (Å²) >= 11 is 0. The highest BCUT2D eigenvalue weighted by Crippen LogP contribution is 2.17. The molecule has 0 bridgehead atoms. The summed E-state index contributed by atoms with van der Waals surface area (Å²) in [6.07, 6.45) is 2.72. The van der Waals surface area contributed by atoms with Crippen molar-refractivity contribution in [2.75, 3.05) is 13.6 Å². The van der Waals surface area contributed by atoms with Crippen LogP contribution in [0.4, 0.5) is 0 Å². The van der Waals surface area contributed by atoms with Gasteiger partial charge in [-0.1, -0.05) is 42.5 Å². The van der Waals surface area contributed by atoms with E-state index in [9.17, 15) is 0 Å². The predicted octanol–water partition coefficient (Wildman–Crippen LogP) is 3.95. The number of hydrogen-bond donors (Lipinski definition) is 2. The summed E-state index contributed by atoms with van der Waals surface area (Å²) in [7, 11) is 1.79. The van der Waals surface area contributed by atoms with Crippen LogP contribution in [0.5, 0.6) is 0 Å². The Kier molecular flexibility index (Phi) is 6.26. The lowest BCUT2D eigenvalue weighted by Crippen LogP contribution is -2.38. The summed E-state index contributed by atoms with van der Waals surface area (Å²) in [4.78, 5) is 8.92. The lowest BCUT2D eigenvalue weighted by atomic mass is 10.1. The number of aryl methyl sites for hydroxylation is 2. The molecule has 0 fully saturated rings. The maximum absolute atomic E-state index is 4.63. The van der Waals surface area contributed by atoms with Gasteiger partial charge in [0.25, 0.3) is 0 Å². The quantitative estimate of drug-likeness (QED) is 0.372. The van der Waals surface area contributed by atoms with Gasteiger partial charge in [0.05, 0.1) is 16.9 Å². The zero-order valence-electron chi connectivity index (χ0n) is 18.3. The number of para-hydroxylation sites is 2. The normalized spacial score (nSPS) is 11.6. The molecule has 0 radical (unpaired) electrons. The van der Waals surface area contributed by atoms with Crippen molar-refractivity contribution in [3.8, 4) is 5.69 Å². The van der Waals surface area contributed by atoms with Crippen LogP contribution in [0.15, 0.2) is 71.9 Å². The number of nitrogens with one attached hydrogen (secondary N) is 2. The van der Waals surface area contributed by atoms with Crippen LogP contribution < -0.4 is 10.6 Å². The minimum atomic E-state index is 0.657. The zero-order chi connectivity index (χ0) is 21.6. The largest absolute Gasteiger partial charge is 0.356 e. The maximum atomic E-state index is 4.63. The fraction of sp³-hybridized carbons (Fsp3) is 0.240. The van der Waals surface area contributed by atoms with E-state index in [0.717, 1.165) is 47.1 Å². The Morgan fingerprint density at radius 2 is 1.77 bits per heavy atom. The number of nitrogens with zero attached hydrogens (tertiary/aromatic N) is 4. The molecule has 4 rings (SSSR count). The van der Waals surface area contributed by atoms with Crippen molar-refractivity contribution in [2.24, 2.45) is 4.99 Å². The van der Waals surface area contributed by atoms with Crippen molar-refractivity contribution >= 4 is 16.9 Å². The van der Waals surface area contributed by atoms with Crippen LogP contribution in [0.1, 0.15) is 22.5 Å². The van der Waals surface area contributed by atoms with E-state index >= 15 is 0 Å². The average Bonchev–Trinajstić information content (AvgIpc) is 3.14. The molecule has 0 spiro atoms. The second kappa shape index (κ2) is 9.43. The molecule has 2 N–H and O–H groups in total. The van der Waals surface area contributed by atoms with Crippen molar-refractivity contribution in [3.05, 3.63) is 89.4 Å². The third-order valence-electron chi connectivity index (χ3n) is 5.30. The van der Waals surface area contributed by atoms with Gasteiger partial charge in [-0.05, 0) is 49.6 Å². The number of hydrogen-bond acceptors (Lipinski definition) is 3. The van der Waals surface area contributed by atoms with E-state index in [4.69, 9.17) is 0 Å². The highest BCUT2D eigenvalue weighted by Gasteiger charge is 2.09. The molecule has 2 heterocycles. The lowest BCUT2D eigenvalue weighted by molar-refractivity contribution is 0.776. The van der Waals surface area contributed by atoms with Gasteiger partial charge in [-0.2, -0.15) is 5.10 Å². The average molecular weight is 413 g/mol. The van der Waals surface area contributed by atoms with Crippen molar-refractivity contribution in [1.29, 1.82) is 0 Å². The highest BCUT2D eigenvalue weighted by molar-refractivity contribution is 5.82. The van der Waals surface area contributed by atoms with E-state index in [1.54, 1.807) is 7.05 Å². The van der Waals surface area contributed by atoms with E-state index in [0.29, 0.717) is 6.54 Å². The van der Waals surface area contributed by atoms with E-state index in [1.807, 2.05) is 29.9 Å². The fourth-order valence-electron chi connectivity index (χ4n) is 3.82. The third kappa shape index (κ3) is 4.74. The van der Waals surface area contributed by atoms with Crippen LogP contribution in [0.3, 0.4) is 0 Å². The Morgan fingerprint density at radius 3 is 2.58 bits per heavy atom. The number of aromatic nitrogens is 3. The molecule has 6 heteroatoms. The first-order valence-corrected chi connectivity index (χ1v) is 10.5. The third-order valence-corrected chi connectivity index (χ3v) is 5.30. The molecule has 0 unspecified atom stereocenters. The molecule has 0 amide bonds. The SMILES string of the molecule is CN=C(NCCc1cccc2cccnc12)NCc1ccccc1-n1nc(C)cc1C. The van der Waals surface area contributed by atoms with Crippen LogP contribution in [-0.4, -0.2) is 34.3 Å². The Morgan fingerprint density at radius 1 is 0.968 bits per heavy atom. The number of rotatable bonds is 6. The van der Waals surface area contributed by atoms with Crippen LogP contribution in [-0.2, 0) is 13.0 Å². The molecule has 0 atom stereocenters.